The van der Waals surface area contributed by atoms with Gasteiger partial charge in [-0.3, -0.25) is 9.59 Å². The molecule has 0 aromatic carbocycles. The topological polar surface area (TPSA) is 125 Å². The van der Waals surface area contributed by atoms with E-state index in [-0.39, 0.29) is 0 Å². The average Bonchev–Trinajstić information content (AvgIpc) is 2.27. The second kappa shape index (κ2) is 6.48. The van der Waals surface area contributed by atoms with Crippen molar-refractivity contribution in [1.29, 1.82) is 0 Å². The van der Waals surface area contributed by atoms with Gasteiger partial charge in [0.2, 0.25) is 0 Å². The molecule has 0 bridgehead atoms. The molecule has 0 saturated heterocycles. The predicted molar refractivity (Wildman–Crippen MR) is 48.4 cm³/mol. The summed E-state index contributed by atoms with van der Waals surface area (Å²) >= 11 is 9.40. The first-order chi connectivity index (χ1) is 7.39. The van der Waals surface area contributed by atoms with Crippen LogP contribution in [0.5, 0.6) is 0 Å². The largest absolute Gasteiger partial charge is 0.377 e. The number of hydrogen-bond acceptors (Lipinski definition) is 8. The Balaban J connectivity index is 4.81. The quantitative estimate of drug-likeness (QED) is 0.632. The minimum absolute atomic E-state index is 0.943. The fourth-order valence-corrected chi connectivity index (χ4v) is 1.02. The molecule has 1 atom stereocenters. The molecule has 0 aliphatic rings. The minimum atomic E-state index is -2.55. The molecule has 0 amide bonds. The van der Waals surface area contributed by atoms with Gasteiger partial charge in [0.25, 0.3) is 0 Å². The van der Waals surface area contributed by atoms with Gasteiger partial charge in [-0.25, -0.2) is 4.79 Å². The lowest BCUT2D eigenvalue weighted by Crippen LogP contribution is -2.43. The van der Waals surface area contributed by atoms with E-state index >= 15 is 0 Å². The molecule has 0 spiro atoms. The average molecular weight is 276 g/mol. The highest BCUT2D eigenvalue weighted by Crippen LogP contribution is 2.20. The first-order valence-electron chi connectivity index (χ1n) is 3.66. The van der Waals surface area contributed by atoms with E-state index in [0.29, 0.717) is 0 Å². The normalized spacial score (nSPS) is 13.5. The first kappa shape index (κ1) is 14.9. The summed E-state index contributed by atoms with van der Waals surface area (Å²) in [7, 11) is 0. The predicted octanol–water partition coefficient (Wildman–Crippen LogP) is -0.691. The van der Waals surface area contributed by atoms with Crippen molar-refractivity contribution in [2.24, 2.45) is 5.90 Å². The van der Waals surface area contributed by atoms with Crippen LogP contribution in [0, 0.1) is 0 Å². The Morgan fingerprint density at radius 1 is 1.12 bits per heavy atom. The highest BCUT2D eigenvalue weighted by Gasteiger charge is 2.43. The van der Waals surface area contributed by atoms with Crippen molar-refractivity contribution in [2.45, 2.75) is 18.4 Å². The Hall–Kier alpha value is -1.09. The molecule has 0 aliphatic heterocycles. The lowest BCUT2D eigenvalue weighted by Gasteiger charge is -2.20. The Morgan fingerprint density at radius 3 is 2.00 bits per heavy atom. The summed E-state index contributed by atoms with van der Waals surface area (Å²) in [6, 6.07) is 0. The number of nitrogens with two attached hydrogens (primary N) is 1. The number of carbonyl (C=O) groups excluding carboxylic acids is 3. The Labute approximate surface area is 99.4 Å². The Morgan fingerprint density at radius 2 is 1.62 bits per heavy atom. The molecule has 92 valence electrons. The summed E-state index contributed by atoms with van der Waals surface area (Å²) in [5, 5.41) is 9.61. The van der Waals surface area contributed by atoms with E-state index < -0.39 is 36.4 Å². The van der Waals surface area contributed by atoms with Crippen LogP contribution in [0.2, 0.25) is 0 Å². The van der Waals surface area contributed by atoms with Crippen molar-refractivity contribution in [2.75, 3.05) is 0 Å². The van der Waals surface area contributed by atoms with Crippen LogP contribution >= 0.6 is 23.7 Å². The standard InChI is InChI=1S/C6H7Cl2NO7/c7-14-3(10)1-6(13,5(12)15-8)2-4(11)16-9/h13H,1-2,9H2. The summed E-state index contributed by atoms with van der Waals surface area (Å²) in [5.41, 5.74) is -2.55. The monoisotopic (exact) mass is 275 g/mol. The smallest absolute Gasteiger partial charge is 0.357 e. The molecular formula is C6H7Cl2NO7. The van der Waals surface area contributed by atoms with Crippen molar-refractivity contribution in [3.63, 3.8) is 0 Å². The molecule has 0 radical (unpaired) electrons. The van der Waals surface area contributed by atoms with E-state index in [2.05, 4.69) is 31.2 Å². The molecule has 3 N–H and O–H groups in total. The number of hydrogen-bond donors (Lipinski definition) is 2. The van der Waals surface area contributed by atoms with Gasteiger partial charge in [-0.05, 0) is 0 Å². The molecule has 16 heavy (non-hydrogen) atoms. The van der Waals surface area contributed by atoms with Crippen LogP contribution in [-0.4, -0.2) is 28.6 Å². The lowest BCUT2D eigenvalue weighted by atomic mass is 9.96. The van der Waals surface area contributed by atoms with Crippen molar-refractivity contribution < 1.29 is 32.9 Å². The van der Waals surface area contributed by atoms with Gasteiger partial charge in [-0.15, -0.1) is 0 Å². The fourth-order valence-electron chi connectivity index (χ4n) is 0.825. The van der Waals surface area contributed by atoms with E-state index in [1.807, 2.05) is 0 Å². The molecule has 1 unspecified atom stereocenters. The number of aliphatic hydroxyl groups is 1. The molecule has 0 fully saturated rings. The van der Waals surface area contributed by atoms with Crippen LogP contribution < -0.4 is 5.90 Å². The van der Waals surface area contributed by atoms with Crippen molar-refractivity contribution >= 4 is 41.6 Å². The fraction of sp³-hybridized carbons (Fsp3) is 0.500. The van der Waals surface area contributed by atoms with Crippen LogP contribution in [0.1, 0.15) is 12.8 Å². The third-order valence-corrected chi connectivity index (χ3v) is 1.85. The van der Waals surface area contributed by atoms with E-state index in [4.69, 9.17) is 11.9 Å². The number of carbonyl (C=O) groups is 3. The van der Waals surface area contributed by atoms with E-state index in [1.54, 1.807) is 0 Å². The maximum atomic E-state index is 11.0. The van der Waals surface area contributed by atoms with Crippen LogP contribution in [0.4, 0.5) is 0 Å². The number of rotatable bonds is 5. The Kier molecular flexibility index (Phi) is 6.04. The molecule has 0 saturated carbocycles. The summed E-state index contributed by atoms with van der Waals surface area (Å²) in [5.74, 6) is 0.723. The molecule has 0 heterocycles. The maximum Gasteiger partial charge on any atom is 0.357 e. The first-order valence-corrected chi connectivity index (χ1v) is 4.27. The summed E-state index contributed by atoms with van der Waals surface area (Å²) < 4.78 is 7.38. The van der Waals surface area contributed by atoms with Crippen LogP contribution in [0.15, 0.2) is 0 Å². The molecule has 0 aromatic rings. The van der Waals surface area contributed by atoms with Gasteiger partial charge in [0.1, 0.15) is 23.7 Å². The minimum Gasteiger partial charge on any atom is -0.377 e. The van der Waals surface area contributed by atoms with E-state index in [0.717, 1.165) is 0 Å². The van der Waals surface area contributed by atoms with Gasteiger partial charge in [-0.1, -0.05) is 0 Å². The lowest BCUT2D eigenvalue weighted by molar-refractivity contribution is -0.169. The van der Waals surface area contributed by atoms with Crippen molar-refractivity contribution in [3.8, 4) is 0 Å². The molecule has 0 aromatic heterocycles. The molecule has 0 rings (SSSR count). The van der Waals surface area contributed by atoms with Gasteiger partial charge in [0, 0.05) is 0 Å². The van der Waals surface area contributed by atoms with Gasteiger partial charge in [0.15, 0.2) is 5.60 Å². The zero-order chi connectivity index (χ0) is 12.8. The zero-order valence-electron chi connectivity index (χ0n) is 7.64. The van der Waals surface area contributed by atoms with Gasteiger partial charge in [0.05, 0.1) is 12.8 Å². The van der Waals surface area contributed by atoms with Gasteiger partial charge in [-0.2, -0.15) is 5.90 Å². The van der Waals surface area contributed by atoms with Crippen LogP contribution in [-0.2, 0) is 27.8 Å². The van der Waals surface area contributed by atoms with Crippen LogP contribution in [0.3, 0.4) is 0 Å². The van der Waals surface area contributed by atoms with Gasteiger partial charge < -0.3 is 18.5 Å². The van der Waals surface area contributed by atoms with Crippen molar-refractivity contribution in [1.82, 2.24) is 0 Å². The van der Waals surface area contributed by atoms with Gasteiger partial charge >= 0.3 is 17.9 Å². The summed E-state index contributed by atoms with van der Waals surface area (Å²) in [6.07, 6.45) is -1.89. The summed E-state index contributed by atoms with van der Waals surface area (Å²) in [6.45, 7) is 0. The van der Waals surface area contributed by atoms with E-state index in [9.17, 15) is 19.5 Å². The summed E-state index contributed by atoms with van der Waals surface area (Å²) in [4.78, 5) is 36.3. The second-order valence-corrected chi connectivity index (χ2v) is 3.00. The van der Waals surface area contributed by atoms with E-state index in [1.165, 1.54) is 0 Å². The SMILES string of the molecule is NOC(=O)CC(O)(CC(=O)OCl)C(=O)OCl. The van der Waals surface area contributed by atoms with Crippen LogP contribution in [0.25, 0.3) is 0 Å². The molecule has 0 aliphatic carbocycles. The third-order valence-electron chi connectivity index (χ3n) is 1.54. The molecule has 10 heteroatoms. The Bertz CT molecular complexity index is 277. The second-order valence-electron chi connectivity index (χ2n) is 2.69. The zero-order valence-corrected chi connectivity index (χ0v) is 9.16. The maximum absolute atomic E-state index is 11.0. The third kappa shape index (κ3) is 4.19. The molecular weight excluding hydrogens is 269 g/mol. The highest BCUT2D eigenvalue weighted by molar-refractivity contribution is 6.15. The number of halogens is 2. The molecule has 8 nitrogen and oxygen atoms in total. The van der Waals surface area contributed by atoms with Crippen molar-refractivity contribution in [3.05, 3.63) is 0 Å². The highest BCUT2D eigenvalue weighted by atomic mass is 35.5.